The minimum Gasteiger partial charge on any atom is -0.483 e. The lowest BCUT2D eigenvalue weighted by molar-refractivity contribution is 0.00554. The van der Waals surface area contributed by atoms with Crippen molar-refractivity contribution in [3.8, 4) is 5.75 Å². The Balaban J connectivity index is 1.21. The van der Waals surface area contributed by atoms with Crippen LogP contribution in [0.4, 0.5) is 8.78 Å². The van der Waals surface area contributed by atoms with Crippen molar-refractivity contribution >= 4 is 22.7 Å². The molecule has 45 heavy (non-hydrogen) atoms. The third-order valence-electron chi connectivity index (χ3n) is 8.27. The lowest BCUT2D eigenvalue weighted by Gasteiger charge is -2.35. The molecule has 2 aliphatic heterocycles. The fourth-order valence-corrected chi connectivity index (χ4v) is 6.02. The number of nitrogens with one attached hydrogen (secondary N) is 2. The van der Waals surface area contributed by atoms with Gasteiger partial charge in [-0.05, 0) is 29.7 Å². The summed E-state index contributed by atoms with van der Waals surface area (Å²) < 4.78 is 41.1. The fourth-order valence-electron chi connectivity index (χ4n) is 6.02. The van der Waals surface area contributed by atoms with Crippen LogP contribution in [0.1, 0.15) is 37.5 Å². The van der Waals surface area contributed by atoms with Crippen molar-refractivity contribution in [1.29, 1.82) is 0 Å². The van der Waals surface area contributed by atoms with Crippen molar-refractivity contribution in [2.75, 3.05) is 6.61 Å². The van der Waals surface area contributed by atoms with Crippen molar-refractivity contribution in [2.45, 2.75) is 38.4 Å². The van der Waals surface area contributed by atoms with Gasteiger partial charge in [-0.2, -0.15) is 0 Å². The maximum absolute atomic E-state index is 14.2. The Hall–Kier alpha value is -5.29. The molecule has 3 aromatic carbocycles. The second-order valence-corrected chi connectivity index (χ2v) is 11.1. The minimum atomic E-state index is -0.824. The second kappa shape index (κ2) is 11.7. The first-order chi connectivity index (χ1) is 21.9. The van der Waals surface area contributed by atoms with Gasteiger partial charge in [-0.15, -0.1) is 0 Å². The highest BCUT2D eigenvalue weighted by Gasteiger charge is 2.45. The summed E-state index contributed by atoms with van der Waals surface area (Å²) in [6, 6.07) is 19.8. The number of halogens is 2. The molecule has 0 aliphatic carbocycles. The third kappa shape index (κ3) is 5.35. The SMILES string of the molecule is O=C(NCc1ccc(F)cc1F)c1cn2c(c(OCc3ccccc3)c1=O)C(=O)N1[C@@H](Cc3c[nH]c4ccccc34)CO[C@@H]1C2. The topological polar surface area (TPSA) is 106 Å². The number of hydrogen-bond donors (Lipinski definition) is 2. The average Bonchev–Trinajstić information content (AvgIpc) is 3.65. The summed E-state index contributed by atoms with van der Waals surface area (Å²) in [6.45, 7) is 0.174. The number of nitrogens with zero attached hydrogens (tertiary/aromatic N) is 2. The maximum Gasteiger partial charge on any atom is 0.276 e. The zero-order valence-corrected chi connectivity index (χ0v) is 24.0. The van der Waals surface area contributed by atoms with E-state index in [1.807, 2.05) is 60.8 Å². The van der Waals surface area contributed by atoms with Crippen molar-refractivity contribution in [3.05, 3.63) is 135 Å². The van der Waals surface area contributed by atoms with Gasteiger partial charge in [0.2, 0.25) is 5.43 Å². The molecule has 1 saturated heterocycles. The predicted molar refractivity (Wildman–Crippen MR) is 161 cm³/mol. The highest BCUT2D eigenvalue weighted by molar-refractivity contribution is 5.99. The van der Waals surface area contributed by atoms with E-state index >= 15 is 0 Å². The van der Waals surface area contributed by atoms with Gasteiger partial charge >= 0.3 is 0 Å². The summed E-state index contributed by atoms with van der Waals surface area (Å²) >= 11 is 0. The molecule has 7 rings (SSSR count). The van der Waals surface area contributed by atoms with E-state index in [0.29, 0.717) is 13.0 Å². The van der Waals surface area contributed by atoms with Crippen molar-refractivity contribution in [1.82, 2.24) is 19.8 Å². The molecule has 0 spiro atoms. The number of carbonyl (C=O) groups is 2. The number of aromatic nitrogens is 2. The number of hydrogen-bond acceptors (Lipinski definition) is 5. The Morgan fingerprint density at radius 3 is 2.64 bits per heavy atom. The number of amides is 2. The molecule has 5 aromatic rings. The molecular weight excluding hydrogens is 582 g/mol. The largest absolute Gasteiger partial charge is 0.483 e. The van der Waals surface area contributed by atoms with Gasteiger partial charge in [0.1, 0.15) is 23.8 Å². The van der Waals surface area contributed by atoms with E-state index in [0.717, 1.165) is 34.2 Å². The zero-order chi connectivity index (χ0) is 31.1. The number of ether oxygens (including phenoxy) is 2. The monoisotopic (exact) mass is 610 g/mol. The maximum atomic E-state index is 14.2. The number of para-hydroxylation sites is 1. The van der Waals surface area contributed by atoms with Crippen LogP contribution in [0.3, 0.4) is 0 Å². The number of H-pyrrole nitrogens is 1. The summed E-state index contributed by atoms with van der Waals surface area (Å²) in [5, 5.41) is 3.59. The molecule has 0 radical (unpaired) electrons. The zero-order valence-electron chi connectivity index (χ0n) is 24.0. The van der Waals surface area contributed by atoms with E-state index in [-0.39, 0.29) is 48.3 Å². The molecule has 0 bridgehead atoms. The number of fused-ring (bicyclic) bond motifs is 3. The van der Waals surface area contributed by atoms with Gasteiger partial charge in [0, 0.05) is 41.5 Å². The van der Waals surface area contributed by atoms with Crippen LogP contribution in [0.5, 0.6) is 5.75 Å². The second-order valence-electron chi connectivity index (χ2n) is 11.1. The van der Waals surface area contributed by atoms with E-state index in [9.17, 15) is 23.2 Å². The number of pyridine rings is 1. The van der Waals surface area contributed by atoms with Crippen LogP contribution >= 0.6 is 0 Å². The number of rotatable bonds is 8. The highest BCUT2D eigenvalue weighted by atomic mass is 19.1. The molecule has 2 aromatic heterocycles. The van der Waals surface area contributed by atoms with Crippen LogP contribution in [0.25, 0.3) is 10.9 Å². The molecule has 2 N–H and O–H groups in total. The van der Waals surface area contributed by atoms with Crippen LogP contribution in [0, 0.1) is 11.6 Å². The van der Waals surface area contributed by atoms with Crippen molar-refractivity contribution < 1.29 is 27.8 Å². The van der Waals surface area contributed by atoms with Crippen LogP contribution in [0.2, 0.25) is 0 Å². The first kappa shape index (κ1) is 28.5. The van der Waals surface area contributed by atoms with Gasteiger partial charge in [-0.1, -0.05) is 54.6 Å². The van der Waals surface area contributed by atoms with Gasteiger partial charge in [0.05, 0.1) is 19.2 Å². The van der Waals surface area contributed by atoms with Gasteiger partial charge in [-0.25, -0.2) is 8.78 Å². The normalized spacial score (nSPS) is 17.3. The highest BCUT2D eigenvalue weighted by Crippen LogP contribution is 2.33. The Morgan fingerprint density at radius 1 is 1.02 bits per heavy atom. The van der Waals surface area contributed by atoms with Gasteiger partial charge in [0.25, 0.3) is 11.8 Å². The van der Waals surface area contributed by atoms with Crippen LogP contribution in [-0.2, 0) is 30.9 Å². The molecule has 0 unspecified atom stereocenters. The predicted octanol–water partition coefficient (Wildman–Crippen LogP) is 4.54. The van der Waals surface area contributed by atoms with Crippen molar-refractivity contribution in [2.24, 2.45) is 0 Å². The quantitative estimate of drug-likeness (QED) is 0.269. The number of aromatic amines is 1. The molecule has 11 heteroatoms. The Morgan fingerprint density at radius 2 is 1.82 bits per heavy atom. The summed E-state index contributed by atoms with van der Waals surface area (Å²) in [5.41, 5.74) is 1.83. The van der Waals surface area contributed by atoms with E-state index in [1.54, 1.807) is 4.90 Å². The molecule has 2 amide bonds. The van der Waals surface area contributed by atoms with Crippen molar-refractivity contribution in [3.63, 3.8) is 0 Å². The fraction of sp³-hybridized carbons (Fsp3) is 0.206. The van der Waals surface area contributed by atoms with Crippen LogP contribution in [0.15, 0.2) is 90.0 Å². The van der Waals surface area contributed by atoms with Gasteiger partial charge < -0.3 is 29.2 Å². The summed E-state index contributed by atoms with van der Waals surface area (Å²) in [4.78, 5) is 46.2. The summed E-state index contributed by atoms with van der Waals surface area (Å²) in [7, 11) is 0. The molecule has 2 atom stereocenters. The smallest absolute Gasteiger partial charge is 0.276 e. The van der Waals surface area contributed by atoms with Crippen LogP contribution < -0.4 is 15.5 Å². The molecule has 1 fully saturated rings. The molecule has 9 nitrogen and oxygen atoms in total. The van der Waals surface area contributed by atoms with Gasteiger partial charge in [0.15, 0.2) is 17.7 Å². The molecule has 4 heterocycles. The average molecular weight is 611 g/mol. The molecule has 0 saturated carbocycles. The Kier molecular flexibility index (Phi) is 7.38. The van der Waals surface area contributed by atoms with E-state index in [1.165, 1.54) is 16.8 Å². The van der Waals surface area contributed by atoms with E-state index < -0.39 is 35.1 Å². The third-order valence-corrected chi connectivity index (χ3v) is 8.27. The Bertz CT molecular complexity index is 1990. The van der Waals surface area contributed by atoms with Gasteiger partial charge in [-0.3, -0.25) is 14.4 Å². The first-order valence-corrected chi connectivity index (χ1v) is 14.5. The summed E-state index contributed by atoms with van der Waals surface area (Å²) in [5.74, 6) is -3.04. The Labute approximate surface area is 256 Å². The van der Waals surface area contributed by atoms with E-state index in [2.05, 4.69) is 10.3 Å². The molecule has 2 aliphatic rings. The summed E-state index contributed by atoms with van der Waals surface area (Å²) in [6.07, 6.45) is 3.17. The van der Waals surface area contributed by atoms with Crippen LogP contribution in [-0.4, -0.2) is 45.1 Å². The molecular formula is C34H28F2N4O5. The number of benzene rings is 3. The first-order valence-electron chi connectivity index (χ1n) is 14.5. The lowest BCUT2D eigenvalue weighted by atomic mass is 10.0. The molecule has 228 valence electrons. The standard InChI is InChI=1S/C34H28F2N4O5/c35-23-11-10-21(27(36)13-23)14-38-33(42)26-16-39-17-29-40(24(19-44-29)12-22-15-37-28-9-5-4-8-25(22)28)34(43)30(39)32(31(26)41)45-18-20-6-2-1-3-7-20/h1-11,13,15-16,24,29,37H,12,14,17-19H2,(H,38,42)/t24-,29+/m0/s1. The van der Waals surface area contributed by atoms with E-state index in [4.69, 9.17) is 9.47 Å². The number of carbonyl (C=O) groups excluding carboxylic acids is 2. The minimum absolute atomic E-state index is 0.0130. The lowest BCUT2D eigenvalue weighted by Crippen LogP contribution is -2.50.